The van der Waals surface area contributed by atoms with E-state index in [9.17, 15) is 4.79 Å². The SMILES string of the molecule is C=CCC(C)NC(=O)c1sc(N(CC)CC)nc1N. The molecular formula is C13H22N4OS. The van der Waals surface area contributed by atoms with E-state index in [0.29, 0.717) is 10.7 Å². The summed E-state index contributed by atoms with van der Waals surface area (Å²) in [5.41, 5.74) is 5.83. The molecule has 1 amide bonds. The molecule has 5 nitrogen and oxygen atoms in total. The number of nitrogen functional groups attached to an aromatic ring is 1. The van der Waals surface area contributed by atoms with Crippen molar-refractivity contribution in [3.8, 4) is 0 Å². The van der Waals surface area contributed by atoms with E-state index < -0.39 is 0 Å². The zero-order valence-electron chi connectivity index (χ0n) is 11.8. The van der Waals surface area contributed by atoms with Crippen molar-refractivity contribution in [1.29, 1.82) is 0 Å². The number of nitrogens with two attached hydrogens (primary N) is 1. The van der Waals surface area contributed by atoms with E-state index in [-0.39, 0.29) is 11.9 Å². The van der Waals surface area contributed by atoms with Crippen LogP contribution >= 0.6 is 11.3 Å². The summed E-state index contributed by atoms with van der Waals surface area (Å²) < 4.78 is 0. The summed E-state index contributed by atoms with van der Waals surface area (Å²) in [6.45, 7) is 11.4. The van der Waals surface area contributed by atoms with Gasteiger partial charge in [-0.25, -0.2) is 4.98 Å². The lowest BCUT2D eigenvalue weighted by atomic mass is 10.2. The van der Waals surface area contributed by atoms with Crippen molar-refractivity contribution in [3.63, 3.8) is 0 Å². The van der Waals surface area contributed by atoms with Gasteiger partial charge in [0, 0.05) is 19.1 Å². The summed E-state index contributed by atoms with van der Waals surface area (Å²) in [6.07, 6.45) is 2.51. The van der Waals surface area contributed by atoms with Crippen LogP contribution in [0.4, 0.5) is 10.9 Å². The Morgan fingerprint density at radius 3 is 2.74 bits per heavy atom. The van der Waals surface area contributed by atoms with Crippen molar-refractivity contribution in [1.82, 2.24) is 10.3 Å². The number of rotatable bonds is 7. The second-order valence-corrected chi connectivity index (χ2v) is 5.26. The largest absolute Gasteiger partial charge is 0.382 e. The third-order valence-corrected chi connectivity index (χ3v) is 3.91. The average Bonchev–Trinajstić information content (AvgIpc) is 2.73. The van der Waals surface area contributed by atoms with Crippen molar-refractivity contribution in [2.75, 3.05) is 23.7 Å². The summed E-state index contributed by atoms with van der Waals surface area (Å²) in [7, 11) is 0. The lowest BCUT2D eigenvalue weighted by molar-refractivity contribution is 0.0945. The number of carbonyl (C=O) groups is 1. The van der Waals surface area contributed by atoms with Gasteiger partial charge in [-0.05, 0) is 27.2 Å². The molecule has 3 N–H and O–H groups in total. The molecule has 0 aliphatic carbocycles. The normalized spacial score (nSPS) is 11.9. The highest BCUT2D eigenvalue weighted by Gasteiger charge is 2.19. The monoisotopic (exact) mass is 282 g/mol. The average molecular weight is 282 g/mol. The fourth-order valence-corrected chi connectivity index (χ4v) is 2.73. The summed E-state index contributed by atoms with van der Waals surface area (Å²) in [5, 5.41) is 3.68. The lowest BCUT2D eigenvalue weighted by Gasteiger charge is -2.16. The number of nitrogens with zero attached hydrogens (tertiary/aromatic N) is 2. The van der Waals surface area contributed by atoms with Gasteiger partial charge in [0.1, 0.15) is 10.7 Å². The number of anilines is 2. The molecule has 1 heterocycles. The fraction of sp³-hybridized carbons (Fsp3) is 0.538. The van der Waals surface area contributed by atoms with Crippen LogP contribution in [0.1, 0.15) is 36.9 Å². The van der Waals surface area contributed by atoms with Crippen LogP contribution in [0, 0.1) is 0 Å². The Bertz CT molecular complexity index is 440. The lowest BCUT2D eigenvalue weighted by Crippen LogP contribution is -2.31. The Morgan fingerprint density at radius 1 is 1.58 bits per heavy atom. The number of thiazole rings is 1. The van der Waals surface area contributed by atoms with E-state index in [4.69, 9.17) is 5.73 Å². The van der Waals surface area contributed by atoms with Gasteiger partial charge in [0.25, 0.3) is 5.91 Å². The van der Waals surface area contributed by atoms with Gasteiger partial charge in [-0.2, -0.15) is 0 Å². The van der Waals surface area contributed by atoms with E-state index in [1.165, 1.54) is 11.3 Å². The second kappa shape index (κ2) is 7.13. The Balaban J connectivity index is 2.83. The van der Waals surface area contributed by atoms with E-state index in [0.717, 1.165) is 24.6 Å². The predicted octanol–water partition coefficient (Wildman–Crippen LogP) is 2.27. The van der Waals surface area contributed by atoms with E-state index in [2.05, 4.69) is 21.8 Å². The number of carbonyl (C=O) groups excluding carboxylic acids is 1. The van der Waals surface area contributed by atoms with E-state index in [1.807, 2.05) is 20.8 Å². The molecule has 106 valence electrons. The highest BCUT2D eigenvalue weighted by atomic mass is 32.1. The quantitative estimate of drug-likeness (QED) is 0.753. The molecule has 1 atom stereocenters. The van der Waals surface area contributed by atoms with E-state index >= 15 is 0 Å². The molecule has 0 saturated carbocycles. The minimum atomic E-state index is -0.164. The highest BCUT2D eigenvalue weighted by molar-refractivity contribution is 7.18. The van der Waals surface area contributed by atoms with Gasteiger partial charge in [0.15, 0.2) is 5.13 Å². The first-order valence-electron chi connectivity index (χ1n) is 6.46. The summed E-state index contributed by atoms with van der Waals surface area (Å²) in [6, 6.07) is 0.0448. The molecule has 1 aromatic rings. The van der Waals surface area contributed by atoms with Gasteiger partial charge in [-0.15, -0.1) is 6.58 Å². The smallest absolute Gasteiger partial charge is 0.265 e. The molecule has 0 fully saturated rings. The molecular weight excluding hydrogens is 260 g/mol. The molecule has 0 spiro atoms. The molecule has 6 heteroatoms. The van der Waals surface area contributed by atoms with Crippen LogP contribution in [0.5, 0.6) is 0 Å². The molecule has 19 heavy (non-hydrogen) atoms. The minimum Gasteiger partial charge on any atom is -0.382 e. The van der Waals surface area contributed by atoms with Crippen LogP contribution in [0.3, 0.4) is 0 Å². The topological polar surface area (TPSA) is 71.2 Å². The molecule has 0 aliphatic rings. The molecule has 1 rings (SSSR count). The summed E-state index contributed by atoms with van der Waals surface area (Å²) >= 11 is 1.34. The number of hydrogen-bond donors (Lipinski definition) is 2. The second-order valence-electron chi connectivity index (χ2n) is 4.28. The number of hydrogen-bond acceptors (Lipinski definition) is 5. The Labute approximate surface area is 118 Å². The molecule has 1 aromatic heterocycles. The third kappa shape index (κ3) is 3.96. The summed E-state index contributed by atoms with van der Waals surface area (Å²) in [5.74, 6) is 0.137. The molecule has 0 saturated heterocycles. The van der Waals surface area contributed by atoms with Gasteiger partial charge in [0.2, 0.25) is 0 Å². The van der Waals surface area contributed by atoms with Crippen LogP contribution < -0.4 is 16.0 Å². The fourth-order valence-electron chi connectivity index (χ4n) is 1.71. The van der Waals surface area contributed by atoms with Gasteiger partial charge >= 0.3 is 0 Å². The first-order chi connectivity index (χ1) is 9.03. The minimum absolute atomic E-state index is 0.0448. The zero-order chi connectivity index (χ0) is 14.4. The van der Waals surface area contributed by atoms with Crippen molar-refractivity contribution in [3.05, 3.63) is 17.5 Å². The van der Waals surface area contributed by atoms with Crippen molar-refractivity contribution < 1.29 is 4.79 Å². The molecule has 1 unspecified atom stereocenters. The molecule has 0 aromatic carbocycles. The number of aromatic nitrogens is 1. The Morgan fingerprint density at radius 2 is 2.21 bits per heavy atom. The predicted molar refractivity (Wildman–Crippen MR) is 81.8 cm³/mol. The maximum Gasteiger partial charge on any atom is 0.265 e. The zero-order valence-corrected chi connectivity index (χ0v) is 12.6. The molecule has 0 radical (unpaired) electrons. The Kier molecular flexibility index (Phi) is 5.82. The van der Waals surface area contributed by atoms with E-state index in [1.54, 1.807) is 6.08 Å². The standard InChI is InChI=1S/C13H22N4OS/c1-5-8-9(4)15-12(18)10-11(14)16-13(19-10)17(6-2)7-3/h5,9H,1,6-8,14H2,2-4H3,(H,15,18). The van der Waals surface area contributed by atoms with Gasteiger partial charge in [-0.1, -0.05) is 17.4 Å². The van der Waals surface area contributed by atoms with Crippen LogP contribution in [-0.2, 0) is 0 Å². The summed E-state index contributed by atoms with van der Waals surface area (Å²) in [4.78, 5) is 18.9. The molecule has 0 bridgehead atoms. The molecule has 0 aliphatic heterocycles. The van der Waals surface area contributed by atoms with Crippen molar-refractivity contribution in [2.45, 2.75) is 33.2 Å². The maximum atomic E-state index is 12.1. The van der Waals surface area contributed by atoms with Crippen LogP contribution in [-0.4, -0.2) is 30.0 Å². The number of amides is 1. The van der Waals surface area contributed by atoms with Crippen LogP contribution in [0.25, 0.3) is 0 Å². The first-order valence-corrected chi connectivity index (χ1v) is 7.28. The van der Waals surface area contributed by atoms with Gasteiger partial charge < -0.3 is 16.0 Å². The Hall–Kier alpha value is -1.56. The van der Waals surface area contributed by atoms with Crippen molar-refractivity contribution >= 4 is 28.2 Å². The van der Waals surface area contributed by atoms with Crippen LogP contribution in [0.2, 0.25) is 0 Å². The van der Waals surface area contributed by atoms with Crippen molar-refractivity contribution in [2.24, 2.45) is 0 Å². The van der Waals surface area contributed by atoms with Gasteiger partial charge in [0.05, 0.1) is 0 Å². The third-order valence-electron chi connectivity index (χ3n) is 2.78. The maximum absolute atomic E-state index is 12.1. The van der Waals surface area contributed by atoms with Crippen LogP contribution in [0.15, 0.2) is 12.7 Å². The van der Waals surface area contributed by atoms with Gasteiger partial charge in [-0.3, -0.25) is 4.79 Å². The first kappa shape index (κ1) is 15.5. The number of nitrogens with one attached hydrogen (secondary N) is 1. The highest BCUT2D eigenvalue weighted by Crippen LogP contribution is 2.27.